The summed E-state index contributed by atoms with van der Waals surface area (Å²) in [7, 11) is 0. The normalized spacial score (nSPS) is 10.7. The molecule has 4 nitrogen and oxygen atoms in total. The first-order valence-corrected chi connectivity index (χ1v) is 7.17. The molecule has 0 radical (unpaired) electrons. The zero-order chi connectivity index (χ0) is 14.6. The Hall–Kier alpha value is -1.41. The Labute approximate surface area is 121 Å². The molecule has 0 amide bonds. The number of benzene rings is 1. The van der Waals surface area contributed by atoms with Gasteiger partial charge >= 0.3 is 0 Å². The number of rotatable bonds is 10. The summed E-state index contributed by atoms with van der Waals surface area (Å²) in [5.74, 6) is 0. The highest BCUT2D eigenvalue weighted by Gasteiger charge is 2.06. The van der Waals surface area contributed by atoms with E-state index in [9.17, 15) is 0 Å². The minimum atomic E-state index is 0.706. The maximum atomic E-state index is 8.94. The molecule has 0 unspecified atom stereocenters. The van der Waals surface area contributed by atoms with Crippen molar-refractivity contribution in [3.63, 3.8) is 0 Å². The lowest BCUT2D eigenvalue weighted by molar-refractivity contribution is 0.0798. The number of nitriles is 1. The van der Waals surface area contributed by atoms with Crippen molar-refractivity contribution in [3.05, 3.63) is 35.4 Å². The number of nitrogens with zero attached hydrogens (tertiary/aromatic N) is 2. The average Bonchev–Trinajstić information content (AvgIpc) is 2.47. The van der Waals surface area contributed by atoms with E-state index in [1.807, 2.05) is 32.0 Å². The molecule has 0 spiro atoms. The predicted molar refractivity (Wildman–Crippen MR) is 79.4 cm³/mol. The van der Waals surface area contributed by atoms with Gasteiger partial charge in [0.05, 0.1) is 24.8 Å². The van der Waals surface area contributed by atoms with E-state index >= 15 is 0 Å². The molecule has 110 valence electrons. The van der Waals surface area contributed by atoms with Gasteiger partial charge in [0.15, 0.2) is 0 Å². The average molecular weight is 276 g/mol. The van der Waals surface area contributed by atoms with Gasteiger partial charge in [-0.15, -0.1) is 0 Å². The summed E-state index contributed by atoms with van der Waals surface area (Å²) in [5, 5.41) is 8.94. The standard InChI is InChI=1S/C16H24N2O2/c1-3-19-10-8-18(9-11-20-4-2)14-16-7-5-6-15(12-16)13-17/h5-7,12H,3-4,8-11,14H2,1-2H3. The first-order valence-electron chi connectivity index (χ1n) is 7.17. The quantitative estimate of drug-likeness (QED) is 0.616. The van der Waals surface area contributed by atoms with Crippen LogP contribution in [-0.4, -0.2) is 44.4 Å². The van der Waals surface area contributed by atoms with Gasteiger partial charge in [0.2, 0.25) is 0 Å². The molecule has 4 heteroatoms. The zero-order valence-corrected chi connectivity index (χ0v) is 12.5. The molecule has 1 rings (SSSR count). The highest BCUT2D eigenvalue weighted by Crippen LogP contribution is 2.08. The van der Waals surface area contributed by atoms with Gasteiger partial charge in [-0.2, -0.15) is 5.26 Å². The summed E-state index contributed by atoms with van der Waals surface area (Å²) in [6.45, 7) is 9.49. The van der Waals surface area contributed by atoms with Crippen molar-refractivity contribution in [3.8, 4) is 6.07 Å². The van der Waals surface area contributed by atoms with E-state index in [2.05, 4.69) is 17.0 Å². The SMILES string of the molecule is CCOCCN(CCOCC)Cc1cccc(C#N)c1. The van der Waals surface area contributed by atoms with E-state index in [1.165, 1.54) is 0 Å². The fourth-order valence-electron chi connectivity index (χ4n) is 1.94. The molecule has 0 N–H and O–H groups in total. The number of hydrogen-bond acceptors (Lipinski definition) is 4. The minimum Gasteiger partial charge on any atom is -0.380 e. The van der Waals surface area contributed by atoms with Crippen LogP contribution in [0.2, 0.25) is 0 Å². The van der Waals surface area contributed by atoms with Crippen LogP contribution >= 0.6 is 0 Å². The van der Waals surface area contributed by atoms with Crippen molar-refractivity contribution in [1.29, 1.82) is 5.26 Å². The maximum Gasteiger partial charge on any atom is 0.0991 e. The van der Waals surface area contributed by atoms with Gasteiger partial charge in [0, 0.05) is 32.8 Å². The highest BCUT2D eigenvalue weighted by atomic mass is 16.5. The van der Waals surface area contributed by atoms with Crippen LogP contribution in [0.25, 0.3) is 0 Å². The van der Waals surface area contributed by atoms with Crippen LogP contribution in [-0.2, 0) is 16.0 Å². The monoisotopic (exact) mass is 276 g/mol. The molecule has 0 aliphatic rings. The van der Waals surface area contributed by atoms with Gasteiger partial charge in [-0.1, -0.05) is 12.1 Å². The Bertz CT molecular complexity index is 405. The summed E-state index contributed by atoms with van der Waals surface area (Å²) < 4.78 is 10.8. The molecule has 0 saturated carbocycles. The molecule has 0 fully saturated rings. The molecule has 1 aromatic rings. The molecule has 0 bridgehead atoms. The van der Waals surface area contributed by atoms with Crippen LogP contribution in [0.4, 0.5) is 0 Å². The molecule has 0 aromatic heterocycles. The van der Waals surface area contributed by atoms with Gasteiger partial charge in [-0.25, -0.2) is 0 Å². The molecule has 20 heavy (non-hydrogen) atoms. The summed E-state index contributed by atoms with van der Waals surface area (Å²) in [4.78, 5) is 2.29. The Balaban J connectivity index is 2.54. The predicted octanol–water partition coefficient (Wildman–Crippen LogP) is 2.43. The fourth-order valence-corrected chi connectivity index (χ4v) is 1.94. The topological polar surface area (TPSA) is 45.5 Å². The molecule has 0 saturated heterocycles. The van der Waals surface area contributed by atoms with E-state index in [-0.39, 0.29) is 0 Å². The van der Waals surface area contributed by atoms with Crippen molar-refractivity contribution >= 4 is 0 Å². The summed E-state index contributed by atoms with van der Waals surface area (Å²) >= 11 is 0. The minimum absolute atomic E-state index is 0.706. The Morgan fingerprint density at radius 2 is 1.75 bits per heavy atom. The fraction of sp³-hybridized carbons (Fsp3) is 0.562. The second kappa shape index (κ2) is 10.4. The van der Waals surface area contributed by atoms with Crippen molar-refractivity contribution < 1.29 is 9.47 Å². The van der Waals surface area contributed by atoms with Crippen molar-refractivity contribution in [2.24, 2.45) is 0 Å². The van der Waals surface area contributed by atoms with Crippen molar-refractivity contribution in [2.75, 3.05) is 39.5 Å². The van der Waals surface area contributed by atoms with E-state index < -0.39 is 0 Å². The summed E-state index contributed by atoms with van der Waals surface area (Å²) in [6, 6.07) is 9.92. The smallest absolute Gasteiger partial charge is 0.0991 e. The number of hydrogen-bond donors (Lipinski definition) is 0. The van der Waals surface area contributed by atoms with E-state index in [1.54, 1.807) is 0 Å². The first-order chi connectivity index (χ1) is 9.80. The van der Waals surface area contributed by atoms with Gasteiger partial charge in [0.25, 0.3) is 0 Å². The Morgan fingerprint density at radius 3 is 2.30 bits per heavy atom. The third-order valence-corrected chi connectivity index (χ3v) is 2.97. The maximum absolute atomic E-state index is 8.94. The molecular formula is C16H24N2O2. The Morgan fingerprint density at radius 1 is 1.10 bits per heavy atom. The van der Waals surface area contributed by atoms with Gasteiger partial charge in [0.1, 0.15) is 0 Å². The number of ether oxygens (including phenoxy) is 2. The third kappa shape index (κ3) is 6.67. The van der Waals surface area contributed by atoms with Crippen LogP contribution in [0.1, 0.15) is 25.0 Å². The Kier molecular flexibility index (Phi) is 8.64. The molecular weight excluding hydrogens is 252 g/mol. The van der Waals surface area contributed by atoms with E-state index in [0.717, 1.165) is 51.6 Å². The zero-order valence-electron chi connectivity index (χ0n) is 12.5. The van der Waals surface area contributed by atoms with Gasteiger partial charge in [-0.3, -0.25) is 4.90 Å². The van der Waals surface area contributed by atoms with Crippen molar-refractivity contribution in [2.45, 2.75) is 20.4 Å². The van der Waals surface area contributed by atoms with Crippen molar-refractivity contribution in [1.82, 2.24) is 4.90 Å². The third-order valence-electron chi connectivity index (χ3n) is 2.97. The van der Waals surface area contributed by atoms with Crippen LogP contribution in [0.15, 0.2) is 24.3 Å². The van der Waals surface area contributed by atoms with Gasteiger partial charge < -0.3 is 9.47 Å². The lowest BCUT2D eigenvalue weighted by Gasteiger charge is -2.22. The van der Waals surface area contributed by atoms with Crippen LogP contribution in [0.3, 0.4) is 0 Å². The largest absolute Gasteiger partial charge is 0.380 e. The molecule has 0 heterocycles. The summed E-state index contributed by atoms with van der Waals surface area (Å²) in [6.07, 6.45) is 0. The lowest BCUT2D eigenvalue weighted by Crippen LogP contribution is -2.30. The lowest BCUT2D eigenvalue weighted by atomic mass is 10.1. The molecule has 0 aliphatic heterocycles. The summed E-state index contributed by atoms with van der Waals surface area (Å²) in [5.41, 5.74) is 1.86. The highest BCUT2D eigenvalue weighted by molar-refractivity contribution is 5.32. The molecule has 0 atom stereocenters. The van der Waals surface area contributed by atoms with Crippen LogP contribution < -0.4 is 0 Å². The van der Waals surface area contributed by atoms with E-state index in [0.29, 0.717) is 5.56 Å². The second-order valence-corrected chi connectivity index (χ2v) is 4.48. The molecule has 1 aromatic carbocycles. The van der Waals surface area contributed by atoms with E-state index in [4.69, 9.17) is 14.7 Å². The first kappa shape index (κ1) is 16.6. The molecule has 0 aliphatic carbocycles. The van der Waals surface area contributed by atoms with Gasteiger partial charge in [-0.05, 0) is 31.5 Å². The van der Waals surface area contributed by atoms with Crippen LogP contribution in [0, 0.1) is 11.3 Å². The van der Waals surface area contributed by atoms with Crippen LogP contribution in [0.5, 0.6) is 0 Å². The second-order valence-electron chi connectivity index (χ2n) is 4.48.